The molecule has 0 radical (unpaired) electrons. The van der Waals surface area contributed by atoms with Crippen LogP contribution in [-0.2, 0) is 20.1 Å². The van der Waals surface area contributed by atoms with E-state index in [0.29, 0.717) is 18.0 Å². The lowest BCUT2D eigenvalue weighted by atomic mass is 10.2. The van der Waals surface area contributed by atoms with E-state index in [-0.39, 0.29) is 11.7 Å². The maximum absolute atomic E-state index is 12.2. The van der Waals surface area contributed by atoms with Crippen LogP contribution in [0.15, 0.2) is 28.8 Å². The van der Waals surface area contributed by atoms with Gasteiger partial charge in [0, 0.05) is 17.0 Å². The van der Waals surface area contributed by atoms with Crippen molar-refractivity contribution in [3.63, 3.8) is 0 Å². The van der Waals surface area contributed by atoms with Crippen molar-refractivity contribution in [1.29, 1.82) is 0 Å². The predicted octanol–water partition coefficient (Wildman–Crippen LogP) is 3.49. The van der Waals surface area contributed by atoms with Gasteiger partial charge in [0.1, 0.15) is 11.5 Å². The summed E-state index contributed by atoms with van der Waals surface area (Å²) in [5, 5.41) is 6.59. The summed E-state index contributed by atoms with van der Waals surface area (Å²) in [5.74, 6) is 1.39. The van der Waals surface area contributed by atoms with Crippen LogP contribution in [0, 0.1) is 13.8 Å². The van der Waals surface area contributed by atoms with Gasteiger partial charge in [0.05, 0.1) is 18.1 Å². The summed E-state index contributed by atoms with van der Waals surface area (Å²) >= 11 is 1.39. The van der Waals surface area contributed by atoms with Gasteiger partial charge in [-0.3, -0.25) is 9.59 Å². The van der Waals surface area contributed by atoms with E-state index in [1.165, 1.54) is 11.8 Å². The first-order valence-electron chi connectivity index (χ1n) is 8.63. The van der Waals surface area contributed by atoms with Crippen LogP contribution < -0.4 is 10.1 Å². The summed E-state index contributed by atoms with van der Waals surface area (Å²) in [7, 11) is 0. The number of hydrogen-bond acceptors (Lipinski definition) is 7. The number of carbonyl (C=O) groups excluding carboxylic acids is 2. The summed E-state index contributed by atoms with van der Waals surface area (Å²) in [6, 6.07) is 7.00. The summed E-state index contributed by atoms with van der Waals surface area (Å²) in [5.41, 5.74) is 2.41. The van der Waals surface area contributed by atoms with E-state index in [2.05, 4.69) is 10.5 Å². The zero-order chi connectivity index (χ0) is 19.8. The SMILES string of the molecule is CCOc1ccc(NC(=O)C(C)OC(=O)CSCc2c(C)noc2C)cc1. The summed E-state index contributed by atoms with van der Waals surface area (Å²) in [4.78, 5) is 24.1. The number of amides is 1. The van der Waals surface area contributed by atoms with Crippen molar-refractivity contribution in [3.8, 4) is 5.75 Å². The molecule has 0 saturated carbocycles. The topological polar surface area (TPSA) is 90.7 Å². The van der Waals surface area contributed by atoms with Crippen LogP contribution in [0.5, 0.6) is 5.75 Å². The fourth-order valence-electron chi connectivity index (χ4n) is 2.27. The molecule has 1 aromatic carbocycles. The number of anilines is 1. The van der Waals surface area contributed by atoms with E-state index in [1.54, 1.807) is 31.2 Å². The normalized spacial score (nSPS) is 11.7. The van der Waals surface area contributed by atoms with Gasteiger partial charge in [0.15, 0.2) is 6.10 Å². The minimum atomic E-state index is -0.885. The standard InChI is InChI=1S/C19H24N2O5S/c1-5-24-16-8-6-15(7-9-16)20-19(23)14(4)25-18(22)11-27-10-17-12(2)21-26-13(17)3/h6-9,14H,5,10-11H2,1-4H3,(H,20,23). The number of aryl methyl sites for hydroxylation is 2. The maximum atomic E-state index is 12.2. The van der Waals surface area contributed by atoms with E-state index >= 15 is 0 Å². The number of ether oxygens (including phenoxy) is 2. The Bertz CT molecular complexity index is 753. The molecule has 27 heavy (non-hydrogen) atoms. The van der Waals surface area contributed by atoms with Crippen molar-refractivity contribution in [2.75, 3.05) is 17.7 Å². The summed E-state index contributed by atoms with van der Waals surface area (Å²) < 4.78 is 15.6. The first-order valence-corrected chi connectivity index (χ1v) is 9.78. The van der Waals surface area contributed by atoms with Crippen molar-refractivity contribution in [3.05, 3.63) is 41.3 Å². The van der Waals surface area contributed by atoms with E-state index in [0.717, 1.165) is 22.8 Å². The highest BCUT2D eigenvalue weighted by Crippen LogP contribution is 2.20. The maximum Gasteiger partial charge on any atom is 0.316 e. The number of esters is 1. The first kappa shape index (κ1) is 20.8. The number of hydrogen-bond donors (Lipinski definition) is 1. The number of carbonyl (C=O) groups is 2. The number of aromatic nitrogens is 1. The molecule has 1 amide bonds. The Hall–Kier alpha value is -2.48. The third kappa shape index (κ3) is 6.32. The average Bonchev–Trinajstić information content (AvgIpc) is 2.95. The lowest BCUT2D eigenvalue weighted by molar-refractivity contribution is -0.150. The molecule has 8 heteroatoms. The molecule has 7 nitrogen and oxygen atoms in total. The molecule has 1 aromatic heterocycles. The predicted molar refractivity (Wildman–Crippen MR) is 104 cm³/mol. The molecule has 0 spiro atoms. The van der Waals surface area contributed by atoms with Gasteiger partial charge in [-0.15, -0.1) is 11.8 Å². The number of nitrogens with one attached hydrogen (secondary N) is 1. The first-order chi connectivity index (χ1) is 12.9. The Kier molecular flexibility index (Phi) is 7.72. The highest BCUT2D eigenvalue weighted by Gasteiger charge is 2.18. The molecule has 2 aromatic rings. The Morgan fingerprint density at radius 1 is 1.26 bits per heavy atom. The van der Waals surface area contributed by atoms with Gasteiger partial charge in [-0.05, 0) is 52.0 Å². The van der Waals surface area contributed by atoms with Crippen LogP contribution in [0.1, 0.15) is 30.9 Å². The summed E-state index contributed by atoms with van der Waals surface area (Å²) in [6.45, 7) is 7.71. The molecule has 2 rings (SSSR count). The number of rotatable bonds is 9. The van der Waals surface area contributed by atoms with Gasteiger partial charge >= 0.3 is 5.97 Å². The van der Waals surface area contributed by atoms with E-state index in [1.807, 2.05) is 20.8 Å². The fraction of sp³-hybridized carbons (Fsp3) is 0.421. The van der Waals surface area contributed by atoms with E-state index in [4.69, 9.17) is 14.0 Å². The van der Waals surface area contributed by atoms with Crippen molar-refractivity contribution in [2.24, 2.45) is 0 Å². The van der Waals surface area contributed by atoms with Crippen LogP contribution in [0.2, 0.25) is 0 Å². The minimum Gasteiger partial charge on any atom is -0.494 e. The van der Waals surface area contributed by atoms with Gasteiger partial charge < -0.3 is 19.3 Å². The van der Waals surface area contributed by atoms with Crippen LogP contribution in [0.3, 0.4) is 0 Å². The molecule has 1 heterocycles. The van der Waals surface area contributed by atoms with Crippen molar-refractivity contribution < 1.29 is 23.6 Å². The zero-order valence-electron chi connectivity index (χ0n) is 15.9. The molecule has 0 saturated heterocycles. The second-order valence-electron chi connectivity index (χ2n) is 5.87. The molecule has 1 N–H and O–H groups in total. The van der Waals surface area contributed by atoms with Gasteiger partial charge in [-0.25, -0.2) is 0 Å². The number of nitrogens with zero attached hydrogens (tertiary/aromatic N) is 1. The van der Waals surface area contributed by atoms with Crippen LogP contribution in [0.4, 0.5) is 5.69 Å². The largest absolute Gasteiger partial charge is 0.494 e. The van der Waals surface area contributed by atoms with E-state index < -0.39 is 12.1 Å². The van der Waals surface area contributed by atoms with E-state index in [9.17, 15) is 9.59 Å². The fourth-order valence-corrected chi connectivity index (χ4v) is 3.23. The molecule has 1 atom stereocenters. The molecule has 0 bridgehead atoms. The lowest BCUT2D eigenvalue weighted by Gasteiger charge is -2.13. The lowest BCUT2D eigenvalue weighted by Crippen LogP contribution is -2.30. The quantitative estimate of drug-likeness (QED) is 0.653. The minimum absolute atomic E-state index is 0.144. The van der Waals surface area contributed by atoms with Gasteiger partial charge in [0.2, 0.25) is 0 Å². The van der Waals surface area contributed by atoms with Crippen molar-refractivity contribution in [2.45, 2.75) is 39.6 Å². The van der Waals surface area contributed by atoms with Crippen LogP contribution in [-0.4, -0.2) is 35.5 Å². The zero-order valence-corrected chi connectivity index (χ0v) is 16.7. The number of benzene rings is 1. The molecule has 0 fully saturated rings. The van der Waals surface area contributed by atoms with Crippen molar-refractivity contribution in [1.82, 2.24) is 5.16 Å². The third-order valence-electron chi connectivity index (χ3n) is 3.76. The Balaban J connectivity index is 1.75. The molecule has 146 valence electrons. The van der Waals surface area contributed by atoms with Crippen LogP contribution in [0.25, 0.3) is 0 Å². The van der Waals surface area contributed by atoms with Crippen molar-refractivity contribution >= 4 is 29.3 Å². The smallest absolute Gasteiger partial charge is 0.316 e. The Morgan fingerprint density at radius 2 is 1.96 bits per heavy atom. The monoisotopic (exact) mass is 392 g/mol. The number of thioether (sulfide) groups is 1. The van der Waals surface area contributed by atoms with Gasteiger partial charge in [0.25, 0.3) is 5.91 Å². The average molecular weight is 392 g/mol. The highest BCUT2D eigenvalue weighted by molar-refractivity contribution is 7.99. The molecule has 0 aliphatic rings. The molecular formula is C19H24N2O5S. The third-order valence-corrected chi connectivity index (χ3v) is 4.69. The van der Waals surface area contributed by atoms with Gasteiger partial charge in [-0.1, -0.05) is 5.16 Å². The summed E-state index contributed by atoms with van der Waals surface area (Å²) in [6.07, 6.45) is -0.885. The Morgan fingerprint density at radius 3 is 2.56 bits per heavy atom. The highest BCUT2D eigenvalue weighted by atomic mass is 32.2. The molecule has 0 aliphatic heterocycles. The van der Waals surface area contributed by atoms with Crippen LogP contribution >= 0.6 is 11.8 Å². The molecular weight excluding hydrogens is 368 g/mol. The molecule has 1 unspecified atom stereocenters. The Labute approximate surface area is 162 Å². The second kappa shape index (κ2) is 10.0. The van der Waals surface area contributed by atoms with Gasteiger partial charge in [-0.2, -0.15) is 0 Å². The second-order valence-corrected chi connectivity index (χ2v) is 6.86. The molecule has 0 aliphatic carbocycles.